The van der Waals surface area contributed by atoms with Crippen molar-refractivity contribution in [2.75, 3.05) is 25.0 Å². The van der Waals surface area contributed by atoms with Crippen LogP contribution in [0, 0.1) is 5.92 Å². The molecule has 5 nitrogen and oxygen atoms in total. The van der Waals surface area contributed by atoms with Crippen molar-refractivity contribution < 1.29 is 4.79 Å². The molecule has 18 heavy (non-hydrogen) atoms. The SMILES string of the molecule is CC1CCCN(Cc2csc(NC(=O)CN)n2)C1. The first-order chi connectivity index (χ1) is 8.67. The van der Waals surface area contributed by atoms with Gasteiger partial charge >= 0.3 is 0 Å². The summed E-state index contributed by atoms with van der Waals surface area (Å²) in [6.07, 6.45) is 2.59. The van der Waals surface area contributed by atoms with Gasteiger partial charge in [-0.3, -0.25) is 9.69 Å². The maximum absolute atomic E-state index is 11.1. The van der Waals surface area contributed by atoms with Crippen LogP contribution in [0.3, 0.4) is 0 Å². The van der Waals surface area contributed by atoms with E-state index in [9.17, 15) is 4.79 Å². The number of rotatable bonds is 4. The van der Waals surface area contributed by atoms with E-state index >= 15 is 0 Å². The number of anilines is 1. The Morgan fingerprint density at radius 3 is 3.28 bits per heavy atom. The number of hydrogen-bond acceptors (Lipinski definition) is 5. The molecule has 6 heteroatoms. The lowest BCUT2D eigenvalue weighted by Crippen LogP contribution is -2.33. The van der Waals surface area contributed by atoms with E-state index in [1.54, 1.807) is 0 Å². The molecule has 0 aromatic carbocycles. The summed E-state index contributed by atoms with van der Waals surface area (Å²) < 4.78 is 0. The molecule has 0 aliphatic carbocycles. The predicted octanol–water partition coefficient (Wildman–Crippen LogP) is 1.27. The van der Waals surface area contributed by atoms with Crippen LogP contribution < -0.4 is 11.1 Å². The average Bonchev–Trinajstić information content (AvgIpc) is 2.76. The van der Waals surface area contributed by atoms with E-state index < -0.39 is 0 Å². The van der Waals surface area contributed by atoms with Crippen molar-refractivity contribution in [2.45, 2.75) is 26.3 Å². The monoisotopic (exact) mass is 268 g/mol. The fraction of sp³-hybridized carbons (Fsp3) is 0.667. The Morgan fingerprint density at radius 2 is 2.56 bits per heavy atom. The van der Waals surface area contributed by atoms with Crippen molar-refractivity contribution >= 4 is 22.4 Å². The fourth-order valence-electron chi connectivity index (χ4n) is 2.27. The van der Waals surface area contributed by atoms with Crippen molar-refractivity contribution in [3.05, 3.63) is 11.1 Å². The third-order valence-corrected chi connectivity index (χ3v) is 3.92. The minimum absolute atomic E-state index is 0.00144. The summed E-state index contributed by atoms with van der Waals surface area (Å²) in [6, 6.07) is 0. The first kappa shape index (κ1) is 13.5. The molecule has 1 fully saturated rings. The van der Waals surface area contributed by atoms with Crippen LogP contribution >= 0.6 is 11.3 Å². The zero-order valence-electron chi connectivity index (χ0n) is 10.7. The molecule has 2 rings (SSSR count). The molecule has 1 aromatic rings. The van der Waals surface area contributed by atoms with Crippen LogP contribution in [-0.2, 0) is 11.3 Å². The van der Waals surface area contributed by atoms with Crippen molar-refractivity contribution in [1.29, 1.82) is 0 Å². The summed E-state index contributed by atoms with van der Waals surface area (Å²) in [5.74, 6) is 0.580. The summed E-state index contributed by atoms with van der Waals surface area (Å²) in [6.45, 7) is 5.45. The van der Waals surface area contributed by atoms with Crippen molar-refractivity contribution in [3.8, 4) is 0 Å². The smallest absolute Gasteiger partial charge is 0.239 e. The Bertz CT molecular complexity index is 407. The highest BCUT2D eigenvalue weighted by atomic mass is 32.1. The topological polar surface area (TPSA) is 71.2 Å². The first-order valence-corrected chi connectivity index (χ1v) is 7.22. The van der Waals surface area contributed by atoms with Gasteiger partial charge in [0, 0.05) is 18.5 Å². The molecule has 2 heterocycles. The number of carbonyl (C=O) groups is 1. The number of piperidine rings is 1. The van der Waals surface area contributed by atoms with Gasteiger partial charge in [0.15, 0.2) is 5.13 Å². The Hall–Kier alpha value is -0.980. The van der Waals surface area contributed by atoms with Crippen molar-refractivity contribution in [1.82, 2.24) is 9.88 Å². The molecule has 0 saturated carbocycles. The molecule has 1 aliphatic heterocycles. The highest BCUT2D eigenvalue weighted by Gasteiger charge is 2.17. The minimum Gasteiger partial charge on any atom is -0.322 e. The Morgan fingerprint density at radius 1 is 1.72 bits per heavy atom. The molecule has 0 radical (unpaired) electrons. The first-order valence-electron chi connectivity index (χ1n) is 6.34. The predicted molar refractivity (Wildman–Crippen MR) is 73.5 cm³/mol. The number of likely N-dealkylation sites (tertiary alicyclic amines) is 1. The minimum atomic E-state index is -0.192. The van der Waals surface area contributed by atoms with E-state index in [2.05, 4.69) is 22.1 Å². The molecular formula is C12H20N4OS. The second kappa shape index (κ2) is 6.26. The van der Waals surface area contributed by atoms with Gasteiger partial charge in [-0.05, 0) is 25.3 Å². The molecule has 100 valence electrons. The van der Waals surface area contributed by atoms with Gasteiger partial charge in [-0.2, -0.15) is 0 Å². The van der Waals surface area contributed by atoms with Crippen LogP contribution in [0.15, 0.2) is 5.38 Å². The third kappa shape index (κ3) is 3.76. The van der Waals surface area contributed by atoms with Gasteiger partial charge in [-0.1, -0.05) is 6.92 Å². The zero-order valence-corrected chi connectivity index (χ0v) is 11.5. The Kier molecular flexibility index (Phi) is 4.68. The maximum Gasteiger partial charge on any atom is 0.239 e. The van der Waals surface area contributed by atoms with Crippen molar-refractivity contribution in [2.24, 2.45) is 11.7 Å². The van der Waals surface area contributed by atoms with E-state index in [0.717, 1.165) is 31.2 Å². The number of nitrogens with one attached hydrogen (secondary N) is 1. The summed E-state index contributed by atoms with van der Waals surface area (Å²) in [5, 5.41) is 5.33. The molecule has 1 aromatic heterocycles. The van der Waals surface area contributed by atoms with Gasteiger partial charge in [0.25, 0.3) is 0 Å². The third-order valence-electron chi connectivity index (χ3n) is 3.11. The number of hydrogen-bond donors (Lipinski definition) is 2. The fourth-order valence-corrected chi connectivity index (χ4v) is 2.98. The van der Waals surface area contributed by atoms with Crippen LogP contribution in [0.5, 0.6) is 0 Å². The van der Waals surface area contributed by atoms with Gasteiger partial charge in [-0.25, -0.2) is 4.98 Å². The summed E-state index contributed by atoms with van der Waals surface area (Å²) in [7, 11) is 0. The Balaban J connectivity index is 1.88. The number of aromatic nitrogens is 1. The lowest BCUT2D eigenvalue weighted by molar-refractivity contribution is -0.114. The average molecular weight is 268 g/mol. The van der Waals surface area contributed by atoms with Crippen LogP contribution in [-0.4, -0.2) is 35.4 Å². The van der Waals surface area contributed by atoms with Crippen LogP contribution in [0.2, 0.25) is 0 Å². The van der Waals surface area contributed by atoms with E-state index in [1.807, 2.05) is 5.38 Å². The summed E-state index contributed by atoms with van der Waals surface area (Å²) in [4.78, 5) is 18.0. The van der Waals surface area contributed by atoms with E-state index in [-0.39, 0.29) is 12.5 Å². The van der Waals surface area contributed by atoms with Crippen LogP contribution in [0.1, 0.15) is 25.5 Å². The molecule has 1 amide bonds. The molecular weight excluding hydrogens is 248 g/mol. The van der Waals surface area contributed by atoms with Crippen molar-refractivity contribution in [3.63, 3.8) is 0 Å². The molecule has 0 bridgehead atoms. The van der Waals surface area contributed by atoms with E-state index in [0.29, 0.717) is 5.13 Å². The lowest BCUT2D eigenvalue weighted by Gasteiger charge is -2.30. The lowest BCUT2D eigenvalue weighted by atomic mass is 10.0. The molecule has 1 aliphatic rings. The van der Waals surface area contributed by atoms with Gasteiger partial charge in [0.1, 0.15) is 0 Å². The van der Waals surface area contributed by atoms with E-state index in [4.69, 9.17) is 5.73 Å². The number of carbonyl (C=O) groups excluding carboxylic acids is 1. The number of thiazole rings is 1. The largest absolute Gasteiger partial charge is 0.322 e. The quantitative estimate of drug-likeness (QED) is 0.862. The standard InChI is InChI=1S/C12H20N4OS/c1-9-3-2-4-16(6-9)7-10-8-18-12(14-10)15-11(17)5-13/h8-9H,2-7,13H2,1H3,(H,14,15,17). The second-order valence-corrected chi connectivity index (χ2v) is 5.74. The van der Waals surface area contributed by atoms with Crippen LogP contribution in [0.25, 0.3) is 0 Å². The maximum atomic E-state index is 11.1. The molecule has 3 N–H and O–H groups in total. The molecule has 1 unspecified atom stereocenters. The number of amides is 1. The highest BCUT2D eigenvalue weighted by molar-refractivity contribution is 7.13. The second-order valence-electron chi connectivity index (χ2n) is 4.88. The number of nitrogens with two attached hydrogens (primary N) is 1. The van der Waals surface area contributed by atoms with Gasteiger partial charge in [0.2, 0.25) is 5.91 Å². The van der Waals surface area contributed by atoms with Gasteiger partial charge < -0.3 is 11.1 Å². The van der Waals surface area contributed by atoms with Gasteiger partial charge in [-0.15, -0.1) is 11.3 Å². The molecule has 0 spiro atoms. The molecule has 1 atom stereocenters. The summed E-state index contributed by atoms with van der Waals surface area (Å²) >= 11 is 1.46. The highest BCUT2D eigenvalue weighted by Crippen LogP contribution is 2.20. The summed E-state index contributed by atoms with van der Waals surface area (Å²) in [5.41, 5.74) is 6.28. The van der Waals surface area contributed by atoms with E-state index in [1.165, 1.54) is 24.2 Å². The number of nitrogens with zero attached hydrogens (tertiary/aromatic N) is 2. The molecule has 1 saturated heterocycles. The zero-order chi connectivity index (χ0) is 13.0. The Labute approximate surface area is 111 Å². The van der Waals surface area contributed by atoms with Gasteiger partial charge in [0.05, 0.1) is 12.2 Å². The normalized spacial score (nSPS) is 20.9. The van der Waals surface area contributed by atoms with Crippen LogP contribution in [0.4, 0.5) is 5.13 Å².